The predicted octanol–water partition coefficient (Wildman–Crippen LogP) is 1.22. The number of alkyl carbamates (subject to hydrolysis) is 1. The number of carbonyl (C=O) groups excluding carboxylic acids is 1. The first-order chi connectivity index (χ1) is 6.76. The lowest BCUT2D eigenvalue weighted by atomic mass is 10.1. The van der Waals surface area contributed by atoms with E-state index in [0.29, 0.717) is 12.6 Å². The molecule has 0 aliphatic carbocycles. The molecule has 1 fully saturated rings. The second-order valence-electron chi connectivity index (χ2n) is 3.57. The molecule has 0 aromatic rings. The van der Waals surface area contributed by atoms with Crippen LogP contribution in [0.5, 0.6) is 0 Å². The van der Waals surface area contributed by atoms with E-state index in [4.69, 9.17) is 4.74 Å². The van der Waals surface area contributed by atoms with Crippen molar-refractivity contribution in [2.24, 2.45) is 0 Å². The van der Waals surface area contributed by atoms with Gasteiger partial charge < -0.3 is 15.0 Å². The number of rotatable bonds is 3. The fourth-order valence-corrected chi connectivity index (χ4v) is 1.73. The van der Waals surface area contributed by atoms with Crippen LogP contribution in [0, 0.1) is 0 Å². The number of likely N-dealkylation sites (tertiary alicyclic amines) is 1. The van der Waals surface area contributed by atoms with Gasteiger partial charge in [-0.05, 0) is 26.3 Å². The third-order valence-corrected chi connectivity index (χ3v) is 2.63. The van der Waals surface area contributed by atoms with Gasteiger partial charge in [0.15, 0.2) is 0 Å². The third kappa shape index (κ3) is 3.54. The van der Waals surface area contributed by atoms with Gasteiger partial charge in [0.25, 0.3) is 0 Å². The van der Waals surface area contributed by atoms with Crippen molar-refractivity contribution < 1.29 is 9.53 Å². The lowest BCUT2D eigenvalue weighted by Crippen LogP contribution is -2.44. The Labute approximate surface area is 85.6 Å². The zero-order valence-electron chi connectivity index (χ0n) is 9.08. The van der Waals surface area contributed by atoms with Gasteiger partial charge in [-0.1, -0.05) is 6.92 Å². The van der Waals surface area contributed by atoms with Crippen molar-refractivity contribution in [3.8, 4) is 0 Å². The van der Waals surface area contributed by atoms with Crippen molar-refractivity contribution in [2.75, 3.05) is 26.2 Å². The molecule has 0 aromatic heterocycles. The Hall–Kier alpha value is -0.770. The van der Waals surface area contributed by atoms with E-state index >= 15 is 0 Å². The molecule has 1 aliphatic rings. The molecule has 1 aliphatic heterocycles. The van der Waals surface area contributed by atoms with Crippen LogP contribution in [0.1, 0.15) is 26.7 Å². The Morgan fingerprint density at radius 3 is 2.57 bits per heavy atom. The van der Waals surface area contributed by atoms with Crippen LogP contribution in [0.15, 0.2) is 0 Å². The molecule has 1 saturated heterocycles. The first-order valence-electron chi connectivity index (χ1n) is 5.41. The summed E-state index contributed by atoms with van der Waals surface area (Å²) >= 11 is 0. The lowest BCUT2D eigenvalue weighted by molar-refractivity contribution is 0.138. The van der Waals surface area contributed by atoms with E-state index in [1.54, 1.807) is 0 Å². The summed E-state index contributed by atoms with van der Waals surface area (Å²) in [5, 5.41) is 2.88. The van der Waals surface area contributed by atoms with Gasteiger partial charge >= 0.3 is 6.09 Å². The van der Waals surface area contributed by atoms with Gasteiger partial charge in [0.2, 0.25) is 0 Å². The Morgan fingerprint density at radius 2 is 2.07 bits per heavy atom. The van der Waals surface area contributed by atoms with Crippen LogP contribution in [0.25, 0.3) is 0 Å². The van der Waals surface area contributed by atoms with Gasteiger partial charge in [-0.3, -0.25) is 0 Å². The minimum atomic E-state index is -0.276. The van der Waals surface area contributed by atoms with E-state index in [1.165, 1.54) is 0 Å². The molecular formula is C10H20N2O2. The first kappa shape index (κ1) is 11.3. The zero-order valence-corrected chi connectivity index (χ0v) is 9.08. The van der Waals surface area contributed by atoms with E-state index in [9.17, 15) is 4.79 Å². The third-order valence-electron chi connectivity index (χ3n) is 2.63. The Balaban J connectivity index is 2.18. The van der Waals surface area contributed by atoms with E-state index < -0.39 is 0 Å². The highest BCUT2D eigenvalue weighted by Crippen LogP contribution is 2.09. The number of amides is 1. The molecular weight excluding hydrogens is 180 g/mol. The maximum Gasteiger partial charge on any atom is 0.407 e. The molecule has 1 heterocycles. The van der Waals surface area contributed by atoms with Gasteiger partial charge in [-0.25, -0.2) is 4.79 Å². The molecule has 1 amide bonds. The molecule has 0 unspecified atom stereocenters. The minimum absolute atomic E-state index is 0.276. The summed E-state index contributed by atoms with van der Waals surface area (Å²) in [5.74, 6) is 0. The molecule has 14 heavy (non-hydrogen) atoms. The monoisotopic (exact) mass is 200 g/mol. The number of carbonyl (C=O) groups is 1. The first-order valence-corrected chi connectivity index (χ1v) is 5.41. The highest BCUT2D eigenvalue weighted by Gasteiger charge is 2.19. The number of hydrogen-bond donors (Lipinski definition) is 1. The summed E-state index contributed by atoms with van der Waals surface area (Å²) in [6.07, 6.45) is 1.79. The van der Waals surface area contributed by atoms with Crippen molar-refractivity contribution in [2.45, 2.75) is 32.7 Å². The molecule has 0 saturated carbocycles. The van der Waals surface area contributed by atoms with E-state index in [0.717, 1.165) is 32.5 Å². The average Bonchev–Trinajstić information content (AvgIpc) is 2.19. The summed E-state index contributed by atoms with van der Waals surface area (Å²) < 4.78 is 4.83. The molecule has 4 heteroatoms. The van der Waals surface area contributed by atoms with Crippen molar-refractivity contribution in [3.63, 3.8) is 0 Å². The molecule has 4 nitrogen and oxygen atoms in total. The average molecular weight is 200 g/mol. The van der Waals surface area contributed by atoms with Gasteiger partial charge in [0.05, 0.1) is 6.61 Å². The minimum Gasteiger partial charge on any atom is -0.450 e. The van der Waals surface area contributed by atoms with Crippen LogP contribution in [-0.4, -0.2) is 43.3 Å². The maximum absolute atomic E-state index is 11.1. The van der Waals surface area contributed by atoms with Crippen LogP contribution < -0.4 is 5.32 Å². The van der Waals surface area contributed by atoms with Gasteiger partial charge in [-0.15, -0.1) is 0 Å². The molecule has 82 valence electrons. The van der Waals surface area contributed by atoms with Gasteiger partial charge in [0, 0.05) is 19.1 Å². The van der Waals surface area contributed by atoms with Crippen LogP contribution in [-0.2, 0) is 4.74 Å². The number of hydrogen-bond acceptors (Lipinski definition) is 3. The number of piperidine rings is 1. The van der Waals surface area contributed by atoms with Crippen molar-refractivity contribution in [1.29, 1.82) is 0 Å². The maximum atomic E-state index is 11.1. The summed E-state index contributed by atoms with van der Waals surface area (Å²) in [4.78, 5) is 13.5. The lowest BCUT2D eigenvalue weighted by Gasteiger charge is -2.31. The normalized spacial score (nSPS) is 19.3. The van der Waals surface area contributed by atoms with Crippen molar-refractivity contribution >= 4 is 6.09 Å². The number of ether oxygens (including phenoxy) is 1. The Bertz CT molecular complexity index is 177. The molecule has 0 radical (unpaired) electrons. The molecule has 0 atom stereocenters. The highest BCUT2D eigenvalue weighted by molar-refractivity contribution is 5.67. The quantitative estimate of drug-likeness (QED) is 0.744. The summed E-state index contributed by atoms with van der Waals surface area (Å²) in [6.45, 7) is 7.69. The van der Waals surface area contributed by atoms with Crippen molar-refractivity contribution in [1.82, 2.24) is 10.2 Å². The fraction of sp³-hybridized carbons (Fsp3) is 0.900. The summed E-state index contributed by atoms with van der Waals surface area (Å²) in [5.41, 5.74) is 0. The Kier molecular flexibility index (Phi) is 4.73. The SMILES string of the molecule is CCOC(=O)NC1CCN(CC)CC1. The predicted molar refractivity (Wildman–Crippen MR) is 55.3 cm³/mol. The molecule has 0 bridgehead atoms. The summed E-state index contributed by atoms with van der Waals surface area (Å²) in [7, 11) is 0. The molecule has 1 N–H and O–H groups in total. The fourth-order valence-electron chi connectivity index (χ4n) is 1.73. The number of nitrogens with zero attached hydrogens (tertiary/aromatic N) is 1. The van der Waals surface area contributed by atoms with Crippen LogP contribution in [0.2, 0.25) is 0 Å². The summed E-state index contributed by atoms with van der Waals surface area (Å²) in [6, 6.07) is 0.303. The molecule has 1 rings (SSSR count). The van der Waals surface area contributed by atoms with Crippen molar-refractivity contribution in [3.05, 3.63) is 0 Å². The largest absolute Gasteiger partial charge is 0.450 e. The molecule has 0 spiro atoms. The zero-order chi connectivity index (χ0) is 10.4. The highest BCUT2D eigenvalue weighted by atomic mass is 16.5. The van der Waals surface area contributed by atoms with Crippen LogP contribution in [0.4, 0.5) is 4.79 Å². The Morgan fingerprint density at radius 1 is 1.43 bits per heavy atom. The second-order valence-corrected chi connectivity index (χ2v) is 3.57. The van der Waals surface area contributed by atoms with Gasteiger partial charge in [-0.2, -0.15) is 0 Å². The molecule has 0 aromatic carbocycles. The number of nitrogens with one attached hydrogen (secondary N) is 1. The van der Waals surface area contributed by atoms with E-state index in [-0.39, 0.29) is 6.09 Å². The topological polar surface area (TPSA) is 41.6 Å². The van der Waals surface area contributed by atoms with Crippen LogP contribution in [0.3, 0.4) is 0 Å². The second kappa shape index (κ2) is 5.86. The van der Waals surface area contributed by atoms with Crippen LogP contribution >= 0.6 is 0 Å². The van der Waals surface area contributed by atoms with Gasteiger partial charge in [0.1, 0.15) is 0 Å². The van der Waals surface area contributed by atoms with E-state index in [2.05, 4.69) is 17.1 Å². The smallest absolute Gasteiger partial charge is 0.407 e. The van der Waals surface area contributed by atoms with E-state index in [1.807, 2.05) is 6.92 Å². The standard InChI is InChI=1S/C10H20N2O2/c1-3-12-7-5-9(6-8-12)11-10(13)14-4-2/h9H,3-8H2,1-2H3,(H,11,13).